The van der Waals surface area contributed by atoms with Crippen LogP contribution < -0.4 is 0 Å². The molecule has 0 amide bonds. The maximum atomic E-state index is 5.50. The summed E-state index contributed by atoms with van der Waals surface area (Å²) in [6.45, 7) is 1.03. The van der Waals surface area contributed by atoms with E-state index in [1.165, 1.54) is 0 Å². The van der Waals surface area contributed by atoms with Crippen LogP contribution >= 0.6 is 15.9 Å². The van der Waals surface area contributed by atoms with Crippen LogP contribution in [0.3, 0.4) is 0 Å². The molecule has 0 atom stereocenters. The number of benzene rings is 2. The summed E-state index contributed by atoms with van der Waals surface area (Å²) in [5.74, 6) is 6.06. The van der Waals surface area contributed by atoms with Crippen LogP contribution in [0.5, 0.6) is 0 Å². The Labute approximate surface area is 116 Å². The van der Waals surface area contributed by atoms with Crippen molar-refractivity contribution in [2.24, 2.45) is 0 Å². The lowest BCUT2D eigenvalue weighted by atomic mass is 10.2. The van der Waals surface area contributed by atoms with E-state index in [4.69, 9.17) is 4.74 Å². The van der Waals surface area contributed by atoms with Gasteiger partial charge in [0.05, 0.1) is 6.61 Å². The summed E-state index contributed by atoms with van der Waals surface area (Å²) in [6.07, 6.45) is 0. The minimum atomic E-state index is 0.446. The third-order valence-corrected chi connectivity index (χ3v) is 2.83. The van der Waals surface area contributed by atoms with E-state index in [-0.39, 0.29) is 0 Å². The van der Waals surface area contributed by atoms with Crippen LogP contribution in [0.1, 0.15) is 11.1 Å². The molecule has 2 heteroatoms. The molecule has 0 saturated carbocycles. The van der Waals surface area contributed by atoms with Gasteiger partial charge in [0.25, 0.3) is 0 Å². The molecular formula is C16H13BrO. The maximum Gasteiger partial charge on any atom is 0.108 e. The van der Waals surface area contributed by atoms with Crippen molar-refractivity contribution in [2.75, 3.05) is 6.61 Å². The zero-order valence-corrected chi connectivity index (χ0v) is 11.5. The lowest BCUT2D eigenvalue weighted by molar-refractivity contribution is 0.153. The Morgan fingerprint density at radius 3 is 2.61 bits per heavy atom. The molecule has 2 rings (SSSR count). The second-order valence-corrected chi connectivity index (χ2v) is 4.71. The van der Waals surface area contributed by atoms with E-state index in [1.54, 1.807) is 0 Å². The molecule has 1 nitrogen and oxygen atoms in total. The van der Waals surface area contributed by atoms with E-state index in [0.717, 1.165) is 15.6 Å². The largest absolute Gasteiger partial charge is 0.364 e. The summed E-state index contributed by atoms with van der Waals surface area (Å²) in [5, 5.41) is 0. The summed E-state index contributed by atoms with van der Waals surface area (Å²) in [4.78, 5) is 0. The molecule has 0 aliphatic heterocycles. The van der Waals surface area contributed by atoms with Crippen molar-refractivity contribution >= 4 is 15.9 Å². The average molecular weight is 301 g/mol. The molecule has 0 aromatic heterocycles. The fourth-order valence-corrected chi connectivity index (χ4v) is 1.95. The monoisotopic (exact) mass is 300 g/mol. The zero-order valence-electron chi connectivity index (χ0n) is 9.90. The van der Waals surface area contributed by atoms with Crippen LogP contribution in [-0.2, 0) is 11.3 Å². The highest BCUT2D eigenvalue weighted by Crippen LogP contribution is 2.12. The van der Waals surface area contributed by atoms with Crippen molar-refractivity contribution in [1.29, 1.82) is 0 Å². The number of hydrogen-bond donors (Lipinski definition) is 0. The smallest absolute Gasteiger partial charge is 0.108 e. The number of ether oxygens (including phenoxy) is 1. The molecule has 0 unspecified atom stereocenters. The quantitative estimate of drug-likeness (QED) is 0.614. The van der Waals surface area contributed by atoms with Gasteiger partial charge in [-0.2, -0.15) is 0 Å². The minimum Gasteiger partial charge on any atom is -0.364 e. The van der Waals surface area contributed by atoms with Gasteiger partial charge in [0.15, 0.2) is 0 Å². The maximum absolute atomic E-state index is 5.50. The van der Waals surface area contributed by atoms with E-state index >= 15 is 0 Å². The first-order valence-electron chi connectivity index (χ1n) is 5.71. The Kier molecular flexibility index (Phi) is 5.01. The van der Waals surface area contributed by atoms with Crippen LogP contribution in [0.15, 0.2) is 59.1 Å². The topological polar surface area (TPSA) is 9.23 Å². The lowest BCUT2D eigenvalue weighted by Crippen LogP contribution is -1.93. The van der Waals surface area contributed by atoms with Crippen molar-refractivity contribution in [3.05, 3.63) is 70.2 Å². The van der Waals surface area contributed by atoms with E-state index in [0.29, 0.717) is 13.2 Å². The van der Waals surface area contributed by atoms with Gasteiger partial charge < -0.3 is 4.74 Å². The molecule has 0 fully saturated rings. The fourth-order valence-electron chi connectivity index (χ4n) is 1.51. The van der Waals surface area contributed by atoms with Gasteiger partial charge in [-0.05, 0) is 29.8 Å². The molecule has 0 saturated heterocycles. The first kappa shape index (κ1) is 12.9. The van der Waals surface area contributed by atoms with Crippen LogP contribution in [0.4, 0.5) is 0 Å². The zero-order chi connectivity index (χ0) is 12.6. The highest BCUT2D eigenvalue weighted by Gasteiger charge is 1.92. The third kappa shape index (κ3) is 4.37. The van der Waals surface area contributed by atoms with Gasteiger partial charge in [-0.25, -0.2) is 0 Å². The standard InChI is InChI=1S/C16H13BrO/c17-16-10-4-8-15(12-16)13-18-11-5-9-14-6-2-1-3-7-14/h1-4,6-8,10,12H,11,13H2. The molecule has 0 bridgehead atoms. The van der Waals surface area contributed by atoms with Crippen molar-refractivity contribution in [1.82, 2.24) is 0 Å². The van der Waals surface area contributed by atoms with Crippen LogP contribution in [0.25, 0.3) is 0 Å². The Bertz CT molecular complexity index is 552. The minimum absolute atomic E-state index is 0.446. The second-order valence-electron chi connectivity index (χ2n) is 3.79. The molecule has 0 radical (unpaired) electrons. The summed E-state index contributed by atoms with van der Waals surface area (Å²) >= 11 is 3.43. The van der Waals surface area contributed by atoms with E-state index < -0.39 is 0 Å². The highest BCUT2D eigenvalue weighted by molar-refractivity contribution is 9.10. The fraction of sp³-hybridized carbons (Fsp3) is 0.125. The molecule has 0 heterocycles. The molecular weight excluding hydrogens is 288 g/mol. The molecule has 0 aliphatic rings. The van der Waals surface area contributed by atoms with Gasteiger partial charge >= 0.3 is 0 Å². The van der Waals surface area contributed by atoms with Crippen molar-refractivity contribution in [3.8, 4) is 11.8 Å². The molecule has 90 valence electrons. The predicted octanol–water partition coefficient (Wildman–Crippen LogP) is 4.02. The number of hydrogen-bond acceptors (Lipinski definition) is 1. The number of halogens is 1. The van der Waals surface area contributed by atoms with Crippen LogP contribution in [-0.4, -0.2) is 6.61 Å². The van der Waals surface area contributed by atoms with Crippen LogP contribution in [0, 0.1) is 11.8 Å². The van der Waals surface area contributed by atoms with Crippen molar-refractivity contribution in [2.45, 2.75) is 6.61 Å². The Balaban J connectivity index is 1.78. The predicted molar refractivity (Wildman–Crippen MR) is 77.1 cm³/mol. The molecule has 0 spiro atoms. The second kappa shape index (κ2) is 7.00. The van der Waals surface area contributed by atoms with Gasteiger partial charge in [-0.1, -0.05) is 58.1 Å². The Morgan fingerprint density at radius 1 is 1.00 bits per heavy atom. The normalized spacial score (nSPS) is 9.61. The van der Waals surface area contributed by atoms with Gasteiger partial charge in [0.2, 0.25) is 0 Å². The lowest BCUT2D eigenvalue weighted by Gasteiger charge is -2.00. The summed E-state index contributed by atoms with van der Waals surface area (Å²) in [7, 11) is 0. The number of rotatable bonds is 3. The first-order chi connectivity index (χ1) is 8.84. The van der Waals surface area contributed by atoms with Gasteiger partial charge in [0.1, 0.15) is 6.61 Å². The summed E-state index contributed by atoms with van der Waals surface area (Å²) < 4.78 is 6.57. The molecule has 0 aliphatic carbocycles. The molecule has 0 N–H and O–H groups in total. The van der Waals surface area contributed by atoms with E-state index in [2.05, 4.69) is 27.8 Å². The Hall–Kier alpha value is -1.56. The van der Waals surface area contributed by atoms with E-state index in [1.807, 2.05) is 54.6 Å². The van der Waals surface area contributed by atoms with Gasteiger partial charge in [-0.15, -0.1) is 0 Å². The highest BCUT2D eigenvalue weighted by atomic mass is 79.9. The third-order valence-electron chi connectivity index (χ3n) is 2.34. The summed E-state index contributed by atoms with van der Waals surface area (Å²) in [5.41, 5.74) is 2.16. The van der Waals surface area contributed by atoms with Crippen LogP contribution in [0.2, 0.25) is 0 Å². The Morgan fingerprint density at radius 2 is 1.83 bits per heavy atom. The molecule has 2 aromatic carbocycles. The average Bonchev–Trinajstić information content (AvgIpc) is 2.40. The first-order valence-corrected chi connectivity index (χ1v) is 6.50. The summed E-state index contributed by atoms with van der Waals surface area (Å²) in [6, 6.07) is 18.0. The van der Waals surface area contributed by atoms with E-state index in [9.17, 15) is 0 Å². The van der Waals surface area contributed by atoms with Gasteiger partial charge in [0, 0.05) is 10.0 Å². The van der Waals surface area contributed by atoms with Crippen molar-refractivity contribution < 1.29 is 4.74 Å². The molecule has 18 heavy (non-hydrogen) atoms. The van der Waals surface area contributed by atoms with Crippen molar-refractivity contribution in [3.63, 3.8) is 0 Å². The molecule has 2 aromatic rings. The van der Waals surface area contributed by atoms with Gasteiger partial charge in [-0.3, -0.25) is 0 Å². The SMILES string of the molecule is Brc1cccc(COCC#Cc2ccccc2)c1.